The minimum absolute atomic E-state index is 0.0551. The van der Waals surface area contributed by atoms with Crippen molar-refractivity contribution in [2.75, 3.05) is 11.9 Å². The Morgan fingerprint density at radius 3 is 2.53 bits per heavy atom. The fourth-order valence-electron chi connectivity index (χ4n) is 4.39. The minimum Gasteiger partial charge on any atom is -0.506 e. The molecule has 0 spiro atoms. The molecule has 0 aliphatic heterocycles. The topological polar surface area (TPSA) is 167 Å². The van der Waals surface area contributed by atoms with Crippen LogP contribution in [0.15, 0.2) is 82.4 Å². The van der Waals surface area contributed by atoms with Crippen molar-refractivity contribution in [3.8, 4) is 17.2 Å². The van der Waals surface area contributed by atoms with Crippen molar-refractivity contribution in [3.05, 3.63) is 105 Å². The summed E-state index contributed by atoms with van der Waals surface area (Å²) in [5.41, 5.74) is 1.63. The van der Waals surface area contributed by atoms with Gasteiger partial charge in [-0.2, -0.15) is 0 Å². The Morgan fingerprint density at radius 2 is 1.78 bits per heavy atom. The SMILES string of the molecule is CCCOC(=O)Cc1nnc(SCc2ccc(Oc3cc(C(=O)Nc4ccccc4C)c(O)c4ccccc34)c([N+](=O)[O-])c2)o1. The highest BCUT2D eigenvalue weighted by molar-refractivity contribution is 7.98. The van der Waals surface area contributed by atoms with E-state index >= 15 is 0 Å². The number of anilines is 1. The molecule has 12 nitrogen and oxygen atoms in total. The first-order valence-electron chi connectivity index (χ1n) is 13.9. The molecule has 5 rings (SSSR count). The molecule has 1 amide bonds. The Morgan fingerprint density at radius 1 is 1.02 bits per heavy atom. The molecule has 1 aromatic heterocycles. The maximum atomic E-state index is 13.3. The van der Waals surface area contributed by atoms with Crippen molar-refractivity contribution >= 4 is 45.8 Å². The van der Waals surface area contributed by atoms with Gasteiger partial charge in [-0.1, -0.05) is 67.2 Å². The number of hydrogen-bond donors (Lipinski definition) is 2. The molecule has 230 valence electrons. The molecule has 0 fully saturated rings. The predicted octanol–water partition coefficient (Wildman–Crippen LogP) is 6.98. The van der Waals surface area contributed by atoms with E-state index in [0.717, 1.165) is 17.3 Å². The molecular weight excluding hydrogens is 600 g/mol. The Bertz CT molecular complexity index is 1890. The molecule has 0 bridgehead atoms. The Labute approximate surface area is 261 Å². The molecule has 0 aliphatic carbocycles. The van der Waals surface area contributed by atoms with Crippen molar-refractivity contribution in [3.63, 3.8) is 0 Å². The number of esters is 1. The maximum absolute atomic E-state index is 13.3. The minimum atomic E-state index is -0.568. The van der Waals surface area contributed by atoms with Crippen LogP contribution in [0.25, 0.3) is 10.8 Å². The number of thioether (sulfide) groups is 1. The largest absolute Gasteiger partial charge is 0.506 e. The Balaban J connectivity index is 1.37. The molecular formula is C32H28N4O8S. The number of amides is 1. The van der Waals surface area contributed by atoms with E-state index in [4.69, 9.17) is 13.9 Å². The molecule has 1 heterocycles. The number of para-hydroxylation sites is 1. The van der Waals surface area contributed by atoms with Crippen LogP contribution in [0.1, 0.15) is 40.7 Å². The van der Waals surface area contributed by atoms with Crippen LogP contribution in [-0.4, -0.2) is 38.7 Å². The summed E-state index contributed by atoms with van der Waals surface area (Å²) in [5, 5.41) is 34.6. The van der Waals surface area contributed by atoms with Crippen LogP contribution in [0.5, 0.6) is 17.2 Å². The lowest BCUT2D eigenvalue weighted by Gasteiger charge is -2.15. The summed E-state index contributed by atoms with van der Waals surface area (Å²) in [5.74, 6) is -0.812. The third-order valence-corrected chi connectivity index (χ3v) is 7.52. The fraction of sp³-hybridized carbons (Fsp3) is 0.188. The second-order valence-electron chi connectivity index (χ2n) is 9.89. The number of aromatic nitrogens is 2. The molecule has 0 aliphatic rings. The summed E-state index contributed by atoms with van der Waals surface area (Å²) in [4.78, 5) is 36.6. The number of aryl methyl sites for hydroxylation is 1. The van der Waals surface area contributed by atoms with Crippen LogP contribution < -0.4 is 10.1 Å². The molecule has 0 unspecified atom stereocenters. The number of fused-ring (bicyclic) bond motifs is 1. The van der Waals surface area contributed by atoms with Crippen LogP contribution in [0.4, 0.5) is 11.4 Å². The number of nitrogens with zero attached hydrogens (tertiary/aromatic N) is 3. The number of nitro benzene ring substituents is 1. The normalized spacial score (nSPS) is 10.9. The number of phenols is 1. The van der Waals surface area contributed by atoms with E-state index in [1.54, 1.807) is 42.5 Å². The highest BCUT2D eigenvalue weighted by Gasteiger charge is 2.23. The molecule has 2 N–H and O–H groups in total. The number of benzene rings is 4. The molecule has 4 aromatic carbocycles. The van der Waals surface area contributed by atoms with Gasteiger partial charge in [-0.3, -0.25) is 19.7 Å². The van der Waals surface area contributed by atoms with Gasteiger partial charge in [0.1, 0.15) is 17.9 Å². The Hall–Kier alpha value is -5.43. The maximum Gasteiger partial charge on any atom is 0.315 e. The van der Waals surface area contributed by atoms with E-state index in [1.165, 1.54) is 18.2 Å². The van der Waals surface area contributed by atoms with Gasteiger partial charge in [-0.15, -0.1) is 10.2 Å². The number of nitro groups is 1. The predicted molar refractivity (Wildman–Crippen MR) is 167 cm³/mol. The molecule has 5 aromatic rings. The average molecular weight is 629 g/mol. The van der Waals surface area contributed by atoms with Crippen LogP contribution in [0, 0.1) is 17.0 Å². The van der Waals surface area contributed by atoms with Gasteiger partial charge >= 0.3 is 11.7 Å². The van der Waals surface area contributed by atoms with E-state index in [-0.39, 0.29) is 51.8 Å². The number of aromatic hydroxyl groups is 1. The highest BCUT2D eigenvalue weighted by Crippen LogP contribution is 2.41. The van der Waals surface area contributed by atoms with E-state index in [9.17, 15) is 24.8 Å². The van der Waals surface area contributed by atoms with E-state index in [2.05, 4.69) is 15.5 Å². The fourth-order valence-corrected chi connectivity index (χ4v) is 5.11. The molecule has 0 atom stereocenters. The van der Waals surface area contributed by atoms with Crippen LogP contribution >= 0.6 is 11.8 Å². The summed E-state index contributed by atoms with van der Waals surface area (Å²) in [6, 6.07) is 19.8. The first-order chi connectivity index (χ1) is 21.7. The average Bonchev–Trinajstić information content (AvgIpc) is 3.48. The third-order valence-electron chi connectivity index (χ3n) is 6.63. The van der Waals surface area contributed by atoms with E-state index < -0.39 is 16.8 Å². The van der Waals surface area contributed by atoms with Crippen molar-refractivity contribution in [1.82, 2.24) is 10.2 Å². The zero-order valence-electron chi connectivity index (χ0n) is 24.3. The lowest BCUT2D eigenvalue weighted by Crippen LogP contribution is -2.13. The number of carbonyl (C=O) groups is 2. The van der Waals surface area contributed by atoms with Gasteiger partial charge in [0.15, 0.2) is 0 Å². The number of ether oxygens (including phenoxy) is 2. The zero-order chi connectivity index (χ0) is 31.9. The van der Waals surface area contributed by atoms with Crippen molar-refractivity contribution in [2.45, 2.75) is 37.7 Å². The van der Waals surface area contributed by atoms with Crippen LogP contribution in [0.3, 0.4) is 0 Å². The second kappa shape index (κ2) is 13.9. The molecule has 0 saturated heterocycles. The van der Waals surface area contributed by atoms with Crippen molar-refractivity contribution in [2.24, 2.45) is 0 Å². The van der Waals surface area contributed by atoms with Gasteiger partial charge in [0.05, 0.1) is 17.1 Å². The summed E-state index contributed by atoms with van der Waals surface area (Å²) < 4.78 is 16.6. The number of hydrogen-bond acceptors (Lipinski definition) is 11. The van der Waals surface area contributed by atoms with Gasteiger partial charge in [-0.05, 0) is 42.7 Å². The molecule has 0 saturated carbocycles. The quantitative estimate of drug-likeness (QED) is 0.0633. The van der Waals surface area contributed by atoms with Gasteiger partial charge in [-0.25, -0.2) is 0 Å². The summed E-state index contributed by atoms with van der Waals surface area (Å²) in [7, 11) is 0. The summed E-state index contributed by atoms with van der Waals surface area (Å²) >= 11 is 1.15. The van der Waals surface area contributed by atoms with Gasteiger partial charge < -0.3 is 24.3 Å². The highest BCUT2D eigenvalue weighted by atomic mass is 32.2. The number of carbonyl (C=O) groups excluding carboxylic acids is 2. The van der Waals surface area contributed by atoms with Gasteiger partial charge in [0.25, 0.3) is 11.1 Å². The first kappa shape index (κ1) is 31.0. The van der Waals surface area contributed by atoms with Gasteiger partial charge in [0, 0.05) is 28.3 Å². The third kappa shape index (κ3) is 7.39. The van der Waals surface area contributed by atoms with E-state index in [1.807, 2.05) is 26.0 Å². The van der Waals surface area contributed by atoms with Crippen LogP contribution in [0.2, 0.25) is 0 Å². The Kier molecular flexibility index (Phi) is 9.58. The lowest BCUT2D eigenvalue weighted by atomic mass is 10.0. The monoisotopic (exact) mass is 628 g/mol. The summed E-state index contributed by atoms with van der Waals surface area (Å²) in [6.45, 7) is 4.04. The van der Waals surface area contributed by atoms with Gasteiger partial charge in [0.2, 0.25) is 11.6 Å². The van der Waals surface area contributed by atoms with E-state index in [0.29, 0.717) is 35.1 Å². The zero-order valence-corrected chi connectivity index (χ0v) is 25.1. The molecule has 0 radical (unpaired) electrons. The molecule has 45 heavy (non-hydrogen) atoms. The van der Waals surface area contributed by atoms with Crippen molar-refractivity contribution < 1.29 is 33.5 Å². The lowest BCUT2D eigenvalue weighted by molar-refractivity contribution is -0.385. The number of nitrogens with one attached hydrogen (secondary N) is 1. The standard InChI is InChI=1S/C32H28N4O8S/c1-3-14-42-29(37)17-28-34-35-32(44-28)45-18-20-12-13-26(25(15-20)36(40)41)43-27-16-23(30(38)22-10-6-5-9-21(22)27)31(39)33-24-11-7-4-8-19(24)2/h4-13,15-16,38H,3,14,17-18H2,1-2H3,(H,33,39). The number of phenolic OH excluding ortho intramolecular Hbond substituents is 1. The van der Waals surface area contributed by atoms with Crippen LogP contribution in [-0.2, 0) is 21.7 Å². The molecule has 13 heteroatoms. The number of rotatable bonds is 12. The second-order valence-corrected chi connectivity index (χ2v) is 10.8. The first-order valence-corrected chi connectivity index (χ1v) is 14.9. The smallest absolute Gasteiger partial charge is 0.315 e. The van der Waals surface area contributed by atoms with Crippen molar-refractivity contribution in [1.29, 1.82) is 0 Å². The summed E-state index contributed by atoms with van der Waals surface area (Å²) in [6.07, 6.45) is 0.553.